The molecule has 1 amide bonds. The Hall–Kier alpha value is -2.91. The standard InChI is InChI=1S/C21H14BrF2N3O2S/c1-11-17-20(30-19(11)12-5-3-2-4-6-12)25-10-27(21(17)29)9-16(28)26-18-14(22)7-13(23)8-15(18)24/h2-8,10H,9H2,1H3,(H,26,28). The minimum atomic E-state index is -0.919. The van der Waals surface area contributed by atoms with E-state index in [0.29, 0.717) is 16.3 Å². The number of amides is 1. The number of carbonyl (C=O) groups excluding carboxylic acids is 1. The van der Waals surface area contributed by atoms with Crippen LogP contribution in [0.4, 0.5) is 14.5 Å². The molecule has 152 valence electrons. The van der Waals surface area contributed by atoms with E-state index in [0.717, 1.165) is 22.1 Å². The second-order valence-electron chi connectivity index (χ2n) is 6.57. The van der Waals surface area contributed by atoms with E-state index in [1.165, 1.54) is 22.2 Å². The van der Waals surface area contributed by atoms with Crippen molar-refractivity contribution < 1.29 is 13.6 Å². The number of hydrogen-bond donors (Lipinski definition) is 1. The summed E-state index contributed by atoms with van der Waals surface area (Å²) in [6.07, 6.45) is 1.30. The summed E-state index contributed by atoms with van der Waals surface area (Å²) in [5.41, 5.74) is 1.23. The maximum atomic E-state index is 14.0. The third-order valence-electron chi connectivity index (χ3n) is 4.54. The van der Waals surface area contributed by atoms with E-state index in [-0.39, 0.29) is 22.3 Å². The van der Waals surface area contributed by atoms with Crippen LogP contribution in [0.25, 0.3) is 20.7 Å². The molecule has 9 heteroatoms. The number of benzene rings is 2. The van der Waals surface area contributed by atoms with Crippen molar-refractivity contribution >= 4 is 49.1 Å². The summed E-state index contributed by atoms with van der Waals surface area (Å²) in [7, 11) is 0. The van der Waals surface area contributed by atoms with Gasteiger partial charge in [0.1, 0.15) is 17.2 Å². The average Bonchev–Trinajstić information content (AvgIpc) is 3.05. The van der Waals surface area contributed by atoms with Gasteiger partial charge in [0.25, 0.3) is 5.56 Å². The van der Waals surface area contributed by atoms with E-state index in [9.17, 15) is 18.4 Å². The maximum Gasteiger partial charge on any atom is 0.262 e. The minimum absolute atomic E-state index is 0.0652. The van der Waals surface area contributed by atoms with Crippen molar-refractivity contribution in [1.82, 2.24) is 9.55 Å². The van der Waals surface area contributed by atoms with Gasteiger partial charge in [-0.1, -0.05) is 30.3 Å². The highest BCUT2D eigenvalue weighted by Gasteiger charge is 2.18. The number of nitrogens with zero attached hydrogens (tertiary/aromatic N) is 2. The van der Waals surface area contributed by atoms with Gasteiger partial charge < -0.3 is 5.32 Å². The van der Waals surface area contributed by atoms with E-state index in [2.05, 4.69) is 26.2 Å². The largest absolute Gasteiger partial charge is 0.321 e. The number of anilines is 1. The molecule has 0 saturated carbocycles. The van der Waals surface area contributed by atoms with E-state index >= 15 is 0 Å². The average molecular weight is 490 g/mol. The lowest BCUT2D eigenvalue weighted by Crippen LogP contribution is -2.28. The Bertz CT molecular complexity index is 1310. The van der Waals surface area contributed by atoms with Crippen LogP contribution in [0, 0.1) is 18.6 Å². The molecule has 0 spiro atoms. The molecule has 1 N–H and O–H groups in total. The van der Waals surface area contributed by atoms with E-state index in [1.807, 2.05) is 37.3 Å². The summed E-state index contributed by atoms with van der Waals surface area (Å²) in [5.74, 6) is -2.33. The fourth-order valence-corrected chi connectivity index (χ4v) is 4.78. The van der Waals surface area contributed by atoms with Gasteiger partial charge in [0.05, 0.1) is 17.4 Å². The Morgan fingerprint density at radius 1 is 1.23 bits per heavy atom. The predicted octanol–water partition coefficient (Wildman–Crippen LogP) is 5.11. The van der Waals surface area contributed by atoms with Crippen LogP contribution in [0.5, 0.6) is 0 Å². The van der Waals surface area contributed by atoms with Crippen LogP contribution >= 0.6 is 27.3 Å². The number of hydrogen-bond acceptors (Lipinski definition) is 4. The fourth-order valence-electron chi connectivity index (χ4n) is 3.13. The highest BCUT2D eigenvalue weighted by atomic mass is 79.9. The second kappa shape index (κ2) is 8.08. The van der Waals surface area contributed by atoms with Crippen LogP contribution in [0.2, 0.25) is 0 Å². The Kier molecular flexibility index (Phi) is 5.48. The number of rotatable bonds is 4. The minimum Gasteiger partial charge on any atom is -0.321 e. The van der Waals surface area contributed by atoms with Crippen molar-refractivity contribution in [3.63, 3.8) is 0 Å². The first-order chi connectivity index (χ1) is 14.3. The van der Waals surface area contributed by atoms with E-state index < -0.39 is 17.5 Å². The van der Waals surface area contributed by atoms with Gasteiger partial charge in [-0.3, -0.25) is 14.2 Å². The van der Waals surface area contributed by atoms with E-state index in [4.69, 9.17) is 0 Å². The molecule has 5 nitrogen and oxygen atoms in total. The van der Waals surface area contributed by atoms with Crippen LogP contribution < -0.4 is 10.9 Å². The number of fused-ring (bicyclic) bond motifs is 1. The Balaban J connectivity index is 1.66. The number of halogens is 3. The normalized spacial score (nSPS) is 11.1. The van der Waals surface area contributed by atoms with Crippen molar-refractivity contribution in [1.29, 1.82) is 0 Å². The molecule has 0 fully saturated rings. The van der Waals surface area contributed by atoms with Gasteiger partial charge in [0.2, 0.25) is 5.91 Å². The Labute approximate surface area is 182 Å². The zero-order chi connectivity index (χ0) is 21.4. The summed E-state index contributed by atoms with van der Waals surface area (Å²) < 4.78 is 28.4. The van der Waals surface area contributed by atoms with Crippen LogP contribution in [0.15, 0.2) is 58.1 Å². The van der Waals surface area contributed by atoms with Gasteiger partial charge in [0.15, 0.2) is 5.82 Å². The zero-order valence-corrected chi connectivity index (χ0v) is 18.0. The van der Waals surface area contributed by atoms with Crippen molar-refractivity contribution in [2.45, 2.75) is 13.5 Å². The molecular weight excluding hydrogens is 476 g/mol. The lowest BCUT2D eigenvalue weighted by Gasteiger charge is -2.10. The maximum absolute atomic E-state index is 14.0. The van der Waals surface area contributed by atoms with Gasteiger partial charge in [-0.15, -0.1) is 11.3 Å². The molecule has 0 atom stereocenters. The summed E-state index contributed by atoms with van der Waals surface area (Å²) >= 11 is 4.43. The highest BCUT2D eigenvalue weighted by Crippen LogP contribution is 2.35. The molecular formula is C21H14BrF2N3O2S. The second-order valence-corrected chi connectivity index (χ2v) is 8.43. The number of nitrogens with one attached hydrogen (secondary N) is 1. The van der Waals surface area contributed by atoms with Gasteiger partial charge >= 0.3 is 0 Å². The molecule has 0 unspecified atom stereocenters. The quantitative estimate of drug-likeness (QED) is 0.433. The van der Waals surface area contributed by atoms with E-state index in [1.54, 1.807) is 0 Å². The van der Waals surface area contributed by atoms with Crippen molar-refractivity contribution in [3.05, 3.63) is 80.8 Å². The van der Waals surface area contributed by atoms with Crippen molar-refractivity contribution in [2.75, 3.05) is 5.32 Å². The zero-order valence-electron chi connectivity index (χ0n) is 15.6. The van der Waals surface area contributed by atoms with Crippen LogP contribution in [0.1, 0.15) is 5.56 Å². The number of aryl methyl sites for hydroxylation is 1. The van der Waals surface area contributed by atoms with Crippen LogP contribution in [-0.4, -0.2) is 15.5 Å². The Morgan fingerprint density at radius 3 is 2.67 bits per heavy atom. The van der Waals surface area contributed by atoms with Gasteiger partial charge in [-0.2, -0.15) is 0 Å². The first-order valence-electron chi connectivity index (χ1n) is 8.83. The van der Waals surface area contributed by atoms with Gasteiger partial charge in [0, 0.05) is 15.4 Å². The van der Waals surface area contributed by atoms with Gasteiger partial charge in [-0.25, -0.2) is 13.8 Å². The molecule has 30 heavy (non-hydrogen) atoms. The number of thiophene rings is 1. The van der Waals surface area contributed by atoms with Crippen LogP contribution in [-0.2, 0) is 11.3 Å². The third-order valence-corrected chi connectivity index (χ3v) is 6.41. The molecule has 2 aromatic carbocycles. The first kappa shape index (κ1) is 20.4. The summed E-state index contributed by atoms with van der Waals surface area (Å²) in [5, 5.41) is 2.81. The first-order valence-corrected chi connectivity index (χ1v) is 10.4. The molecule has 0 bridgehead atoms. The third kappa shape index (κ3) is 3.78. The van der Waals surface area contributed by atoms with Crippen molar-refractivity contribution in [2.24, 2.45) is 0 Å². The molecule has 0 radical (unpaired) electrons. The molecule has 0 saturated heterocycles. The summed E-state index contributed by atoms with van der Waals surface area (Å²) in [6, 6.07) is 11.4. The Morgan fingerprint density at radius 2 is 1.97 bits per heavy atom. The lowest BCUT2D eigenvalue weighted by atomic mass is 10.1. The van der Waals surface area contributed by atoms with Crippen LogP contribution in [0.3, 0.4) is 0 Å². The molecule has 4 rings (SSSR count). The fraction of sp³-hybridized carbons (Fsp3) is 0.0952. The predicted molar refractivity (Wildman–Crippen MR) is 117 cm³/mol. The summed E-state index contributed by atoms with van der Waals surface area (Å²) in [4.78, 5) is 31.2. The topological polar surface area (TPSA) is 64.0 Å². The molecule has 4 aromatic rings. The highest BCUT2D eigenvalue weighted by molar-refractivity contribution is 9.10. The molecule has 0 aliphatic rings. The summed E-state index contributed by atoms with van der Waals surface area (Å²) in [6.45, 7) is 1.49. The molecule has 2 aromatic heterocycles. The smallest absolute Gasteiger partial charge is 0.262 e. The monoisotopic (exact) mass is 489 g/mol. The van der Waals surface area contributed by atoms with Crippen molar-refractivity contribution in [3.8, 4) is 10.4 Å². The molecule has 0 aliphatic carbocycles. The number of carbonyl (C=O) groups is 1. The lowest BCUT2D eigenvalue weighted by molar-refractivity contribution is -0.116. The molecule has 0 aliphatic heterocycles. The number of aromatic nitrogens is 2. The molecule has 2 heterocycles. The SMILES string of the molecule is Cc1c(-c2ccccc2)sc2ncn(CC(=O)Nc3c(F)cc(F)cc3Br)c(=O)c12. The van der Waals surface area contributed by atoms with Gasteiger partial charge in [-0.05, 0) is 40.0 Å².